The number of carbonyl (C=O) groups excluding carboxylic acids is 1. The summed E-state index contributed by atoms with van der Waals surface area (Å²) in [6.45, 7) is 2.10. The molecule has 5 nitrogen and oxygen atoms in total. The fraction of sp³-hybridized carbons (Fsp3) is 0.412. The van der Waals surface area contributed by atoms with Gasteiger partial charge < -0.3 is 9.47 Å². The maximum absolute atomic E-state index is 12.5. The minimum absolute atomic E-state index is 0.173. The van der Waals surface area contributed by atoms with Crippen LogP contribution >= 0.6 is 0 Å². The second-order valence-electron chi connectivity index (χ2n) is 5.80. The Hall–Kier alpha value is -2.30. The van der Waals surface area contributed by atoms with Crippen LogP contribution in [0.2, 0.25) is 0 Å². The molecule has 0 spiro atoms. The summed E-state index contributed by atoms with van der Waals surface area (Å²) in [5, 5.41) is 4.58. The molecule has 116 valence electrons. The first-order chi connectivity index (χ1) is 10.5. The van der Waals surface area contributed by atoms with E-state index in [2.05, 4.69) is 12.0 Å². The number of aryl methyl sites for hydroxylation is 1. The van der Waals surface area contributed by atoms with Gasteiger partial charge in [-0.05, 0) is 30.5 Å². The molecule has 1 heterocycles. The van der Waals surface area contributed by atoms with Gasteiger partial charge in [0.1, 0.15) is 5.69 Å². The predicted octanol–water partition coefficient (Wildman–Crippen LogP) is 2.87. The summed E-state index contributed by atoms with van der Waals surface area (Å²) in [5.41, 5.74) is 3.38. The molecule has 1 aromatic carbocycles. The number of hydrogen-bond acceptors (Lipinski definition) is 4. The predicted molar refractivity (Wildman–Crippen MR) is 83.6 cm³/mol. The van der Waals surface area contributed by atoms with Crippen molar-refractivity contribution in [1.82, 2.24) is 9.78 Å². The van der Waals surface area contributed by atoms with Gasteiger partial charge in [-0.2, -0.15) is 5.10 Å². The number of fused-ring (bicyclic) bond motifs is 1. The molecule has 0 aliphatic heterocycles. The Kier molecular flexibility index (Phi) is 3.64. The lowest BCUT2D eigenvalue weighted by molar-refractivity contribution is 0.0953. The van der Waals surface area contributed by atoms with Crippen molar-refractivity contribution in [1.29, 1.82) is 0 Å². The number of ketones is 1. The Labute approximate surface area is 129 Å². The number of rotatable bonds is 3. The number of methoxy groups -OCH3 is 2. The summed E-state index contributed by atoms with van der Waals surface area (Å²) >= 11 is 0. The molecule has 0 fully saturated rings. The van der Waals surface area contributed by atoms with Gasteiger partial charge >= 0.3 is 0 Å². The highest BCUT2D eigenvalue weighted by Gasteiger charge is 2.30. The Morgan fingerprint density at radius 3 is 2.59 bits per heavy atom. The SMILES string of the molecule is COc1ccc(-c2nn(C)c3c2C(=O)C[C@@H](C)C3)cc1OC. The summed E-state index contributed by atoms with van der Waals surface area (Å²) in [5.74, 6) is 1.84. The Morgan fingerprint density at radius 2 is 1.91 bits per heavy atom. The largest absolute Gasteiger partial charge is 0.493 e. The molecule has 1 atom stereocenters. The zero-order chi connectivity index (χ0) is 15.9. The number of ether oxygens (including phenoxy) is 2. The number of Topliss-reactive ketones (excluding diaryl/α,β-unsaturated/α-hetero) is 1. The van der Waals surface area contributed by atoms with Gasteiger partial charge in [0.2, 0.25) is 0 Å². The van der Waals surface area contributed by atoms with Crippen molar-refractivity contribution in [2.24, 2.45) is 13.0 Å². The van der Waals surface area contributed by atoms with Gasteiger partial charge in [-0.15, -0.1) is 0 Å². The van der Waals surface area contributed by atoms with E-state index in [9.17, 15) is 4.79 Å². The second kappa shape index (κ2) is 5.48. The molecule has 0 N–H and O–H groups in total. The zero-order valence-corrected chi connectivity index (χ0v) is 13.3. The molecule has 0 radical (unpaired) electrons. The molecule has 0 bridgehead atoms. The van der Waals surface area contributed by atoms with E-state index in [0.717, 1.165) is 28.9 Å². The highest BCUT2D eigenvalue weighted by atomic mass is 16.5. The van der Waals surface area contributed by atoms with Crippen LogP contribution in [-0.2, 0) is 13.5 Å². The molecular formula is C17H20N2O3. The number of benzene rings is 1. The van der Waals surface area contributed by atoms with E-state index >= 15 is 0 Å². The minimum Gasteiger partial charge on any atom is -0.493 e. The molecule has 2 aromatic rings. The quantitative estimate of drug-likeness (QED) is 0.874. The molecule has 1 aliphatic carbocycles. The first-order valence-electron chi connectivity index (χ1n) is 7.36. The van der Waals surface area contributed by atoms with Crippen LogP contribution in [0, 0.1) is 5.92 Å². The third-order valence-corrected chi connectivity index (χ3v) is 4.18. The Morgan fingerprint density at radius 1 is 1.18 bits per heavy atom. The molecule has 3 rings (SSSR count). The van der Waals surface area contributed by atoms with E-state index in [1.807, 2.05) is 29.9 Å². The van der Waals surface area contributed by atoms with Gasteiger partial charge in [0.15, 0.2) is 17.3 Å². The van der Waals surface area contributed by atoms with E-state index in [1.165, 1.54) is 0 Å². The van der Waals surface area contributed by atoms with Gasteiger partial charge in [-0.1, -0.05) is 6.92 Å². The summed E-state index contributed by atoms with van der Waals surface area (Å²) in [7, 11) is 5.10. The monoisotopic (exact) mass is 300 g/mol. The van der Waals surface area contributed by atoms with Crippen LogP contribution in [0.5, 0.6) is 11.5 Å². The molecule has 0 amide bonds. The second-order valence-corrected chi connectivity index (χ2v) is 5.80. The van der Waals surface area contributed by atoms with Crippen molar-refractivity contribution in [2.75, 3.05) is 14.2 Å². The molecule has 1 aromatic heterocycles. The van der Waals surface area contributed by atoms with Crippen LogP contribution in [-0.4, -0.2) is 29.8 Å². The Balaban J connectivity index is 2.14. The standard InChI is InChI=1S/C17H20N2O3/c1-10-7-12-16(13(20)8-10)17(18-19(12)2)11-5-6-14(21-3)15(9-11)22-4/h5-6,9-10H,7-8H2,1-4H3/t10-/m0/s1. The van der Waals surface area contributed by atoms with Crippen molar-refractivity contribution < 1.29 is 14.3 Å². The summed E-state index contributed by atoms with van der Waals surface area (Å²) in [6.07, 6.45) is 1.47. The number of hydrogen-bond donors (Lipinski definition) is 0. The molecule has 22 heavy (non-hydrogen) atoms. The van der Waals surface area contributed by atoms with E-state index in [1.54, 1.807) is 14.2 Å². The van der Waals surface area contributed by atoms with Gasteiger partial charge in [-0.3, -0.25) is 9.48 Å². The highest BCUT2D eigenvalue weighted by molar-refractivity contribution is 6.03. The fourth-order valence-corrected chi connectivity index (χ4v) is 3.09. The third kappa shape index (κ3) is 2.26. The Bertz CT molecular complexity index is 734. The topological polar surface area (TPSA) is 53.4 Å². The van der Waals surface area contributed by atoms with Crippen molar-refractivity contribution >= 4 is 5.78 Å². The minimum atomic E-state index is 0.173. The van der Waals surface area contributed by atoms with Gasteiger partial charge in [-0.25, -0.2) is 0 Å². The van der Waals surface area contributed by atoms with Crippen LogP contribution in [0.1, 0.15) is 29.4 Å². The van der Waals surface area contributed by atoms with Crippen LogP contribution in [0.3, 0.4) is 0 Å². The van der Waals surface area contributed by atoms with E-state index in [4.69, 9.17) is 9.47 Å². The van der Waals surface area contributed by atoms with E-state index in [0.29, 0.717) is 23.8 Å². The first-order valence-corrected chi connectivity index (χ1v) is 7.36. The highest BCUT2D eigenvalue weighted by Crippen LogP contribution is 2.36. The summed E-state index contributed by atoms with van der Waals surface area (Å²) in [6, 6.07) is 5.62. The zero-order valence-electron chi connectivity index (χ0n) is 13.3. The van der Waals surface area contributed by atoms with Gasteiger partial charge in [0, 0.05) is 24.7 Å². The average molecular weight is 300 g/mol. The molecule has 0 saturated heterocycles. The molecular weight excluding hydrogens is 280 g/mol. The van der Waals surface area contributed by atoms with Crippen molar-refractivity contribution in [3.63, 3.8) is 0 Å². The maximum atomic E-state index is 12.5. The van der Waals surface area contributed by atoms with Crippen LogP contribution in [0.25, 0.3) is 11.3 Å². The smallest absolute Gasteiger partial charge is 0.167 e. The maximum Gasteiger partial charge on any atom is 0.167 e. The lowest BCUT2D eigenvalue weighted by Crippen LogP contribution is -2.19. The van der Waals surface area contributed by atoms with Crippen LogP contribution in [0.15, 0.2) is 18.2 Å². The molecule has 1 aliphatic rings. The fourth-order valence-electron chi connectivity index (χ4n) is 3.09. The third-order valence-electron chi connectivity index (χ3n) is 4.18. The first kappa shape index (κ1) is 14.6. The average Bonchev–Trinajstić information content (AvgIpc) is 2.84. The van der Waals surface area contributed by atoms with Crippen molar-refractivity contribution in [3.8, 4) is 22.8 Å². The molecule has 0 unspecified atom stereocenters. The van der Waals surface area contributed by atoms with Crippen LogP contribution in [0.4, 0.5) is 0 Å². The number of carbonyl (C=O) groups is 1. The number of nitrogens with zero attached hydrogens (tertiary/aromatic N) is 2. The lowest BCUT2D eigenvalue weighted by atomic mass is 9.86. The summed E-state index contributed by atoms with van der Waals surface area (Å²) < 4.78 is 12.4. The molecule has 0 saturated carbocycles. The lowest BCUT2D eigenvalue weighted by Gasteiger charge is -2.18. The van der Waals surface area contributed by atoms with Gasteiger partial charge in [0.05, 0.1) is 19.8 Å². The normalized spacial score (nSPS) is 17.3. The van der Waals surface area contributed by atoms with Crippen LogP contribution < -0.4 is 9.47 Å². The summed E-state index contributed by atoms with van der Waals surface area (Å²) in [4.78, 5) is 12.5. The van der Waals surface area contributed by atoms with Crippen molar-refractivity contribution in [3.05, 3.63) is 29.5 Å². The number of aromatic nitrogens is 2. The van der Waals surface area contributed by atoms with E-state index in [-0.39, 0.29) is 5.78 Å². The van der Waals surface area contributed by atoms with Gasteiger partial charge in [0.25, 0.3) is 0 Å². The van der Waals surface area contributed by atoms with Crippen molar-refractivity contribution in [2.45, 2.75) is 19.8 Å². The molecule has 5 heteroatoms. The van der Waals surface area contributed by atoms with E-state index < -0.39 is 0 Å².